The molecule has 2 heterocycles. The van der Waals surface area contributed by atoms with Gasteiger partial charge in [0.05, 0.1) is 18.9 Å². The average molecular weight is 477 g/mol. The maximum atomic E-state index is 13.2. The van der Waals surface area contributed by atoms with Crippen LogP contribution in [0.1, 0.15) is 45.6 Å². The molecule has 4 rings (SSSR count). The van der Waals surface area contributed by atoms with Gasteiger partial charge in [-0.05, 0) is 57.6 Å². The van der Waals surface area contributed by atoms with E-state index in [0.717, 1.165) is 36.1 Å². The highest BCUT2D eigenvalue weighted by Gasteiger charge is 2.52. The van der Waals surface area contributed by atoms with E-state index in [1.54, 1.807) is 18.1 Å². The lowest BCUT2D eigenvalue weighted by atomic mass is 9.97. The van der Waals surface area contributed by atoms with Gasteiger partial charge in [-0.1, -0.05) is 30.3 Å². The lowest BCUT2D eigenvalue weighted by molar-refractivity contribution is -0.128. The van der Waals surface area contributed by atoms with E-state index in [9.17, 15) is 14.9 Å². The van der Waals surface area contributed by atoms with Crippen molar-refractivity contribution in [1.29, 1.82) is 5.26 Å². The number of fused-ring (bicyclic) bond motifs is 2. The van der Waals surface area contributed by atoms with Gasteiger partial charge in [-0.2, -0.15) is 5.26 Å². The number of carbonyl (C=O) groups excluding carboxylic acids is 2. The molecule has 184 valence electrons. The molecular formula is C27H32N4O4. The maximum absolute atomic E-state index is 13.2. The molecular weight excluding hydrogens is 444 g/mol. The van der Waals surface area contributed by atoms with E-state index in [2.05, 4.69) is 16.4 Å². The number of rotatable bonds is 6. The van der Waals surface area contributed by atoms with Gasteiger partial charge in [0, 0.05) is 24.1 Å². The molecule has 1 aliphatic carbocycles. The summed E-state index contributed by atoms with van der Waals surface area (Å²) in [7, 11) is 1.58. The number of nitrogens with zero attached hydrogens (tertiary/aromatic N) is 3. The normalized spacial score (nSPS) is 21.8. The molecule has 8 nitrogen and oxygen atoms in total. The third-order valence-corrected chi connectivity index (χ3v) is 6.55. The predicted molar refractivity (Wildman–Crippen MR) is 130 cm³/mol. The Morgan fingerprint density at radius 1 is 1.20 bits per heavy atom. The van der Waals surface area contributed by atoms with Crippen molar-refractivity contribution in [3.05, 3.63) is 48.0 Å². The molecule has 2 aliphatic rings. The number of hydrogen-bond donors (Lipinski definition) is 1. The van der Waals surface area contributed by atoms with Crippen LogP contribution >= 0.6 is 0 Å². The highest BCUT2D eigenvalue weighted by Crippen LogP contribution is 2.43. The molecule has 1 saturated carbocycles. The van der Waals surface area contributed by atoms with Crippen molar-refractivity contribution in [1.82, 2.24) is 15.2 Å². The average Bonchev–Trinajstić information content (AvgIpc) is 3.45. The molecule has 0 radical (unpaired) electrons. The molecule has 0 unspecified atom stereocenters. The summed E-state index contributed by atoms with van der Waals surface area (Å²) in [6.45, 7) is 5.45. The second-order valence-electron chi connectivity index (χ2n) is 10.2. The summed E-state index contributed by atoms with van der Waals surface area (Å²) < 4.78 is 10.8. The number of hydrogen-bond acceptors (Lipinski definition) is 6. The number of aromatic nitrogens is 1. The minimum Gasteiger partial charge on any atom is -0.481 e. The van der Waals surface area contributed by atoms with E-state index in [1.165, 1.54) is 0 Å². The van der Waals surface area contributed by atoms with E-state index in [-0.39, 0.29) is 17.9 Å². The second-order valence-corrected chi connectivity index (χ2v) is 10.2. The van der Waals surface area contributed by atoms with Crippen molar-refractivity contribution in [3.8, 4) is 23.2 Å². The van der Waals surface area contributed by atoms with Crippen LogP contribution in [0.15, 0.2) is 42.5 Å². The van der Waals surface area contributed by atoms with Crippen molar-refractivity contribution in [2.45, 2.75) is 70.2 Å². The van der Waals surface area contributed by atoms with Crippen LogP contribution in [0.3, 0.4) is 0 Å². The summed E-state index contributed by atoms with van der Waals surface area (Å²) in [6.07, 6.45) is 2.48. The molecule has 1 N–H and O–H groups in total. The zero-order valence-electron chi connectivity index (χ0n) is 20.7. The number of nitriles is 1. The predicted octanol–water partition coefficient (Wildman–Crippen LogP) is 4.10. The Labute approximate surface area is 206 Å². The Morgan fingerprint density at radius 2 is 1.94 bits per heavy atom. The molecule has 1 aromatic carbocycles. The second kappa shape index (κ2) is 9.95. The van der Waals surface area contributed by atoms with Crippen LogP contribution in [0.5, 0.6) is 5.88 Å². The minimum absolute atomic E-state index is 0.0175. The number of carbonyl (C=O) groups is 2. The smallest absolute Gasteiger partial charge is 0.411 e. The molecule has 1 aliphatic heterocycles. The number of piperidine rings is 1. The Kier molecular flexibility index (Phi) is 6.97. The number of methoxy groups -OCH3 is 1. The van der Waals surface area contributed by atoms with Crippen LogP contribution < -0.4 is 10.1 Å². The number of pyridine rings is 1. The molecule has 0 spiro atoms. The highest BCUT2D eigenvalue weighted by atomic mass is 16.6. The van der Waals surface area contributed by atoms with E-state index in [0.29, 0.717) is 12.3 Å². The topological polar surface area (TPSA) is 105 Å². The van der Waals surface area contributed by atoms with Gasteiger partial charge < -0.3 is 14.8 Å². The van der Waals surface area contributed by atoms with Crippen molar-refractivity contribution in [2.75, 3.05) is 7.11 Å². The fourth-order valence-corrected chi connectivity index (χ4v) is 5.03. The maximum Gasteiger partial charge on any atom is 0.411 e. The lowest BCUT2D eigenvalue weighted by Gasteiger charge is -2.35. The van der Waals surface area contributed by atoms with Gasteiger partial charge in [0.25, 0.3) is 0 Å². The Morgan fingerprint density at radius 3 is 2.60 bits per heavy atom. The monoisotopic (exact) mass is 476 g/mol. The Bertz CT molecular complexity index is 1120. The number of nitrogens with one attached hydrogen (secondary N) is 1. The van der Waals surface area contributed by atoms with Gasteiger partial charge in [0.1, 0.15) is 17.7 Å². The van der Waals surface area contributed by atoms with Gasteiger partial charge in [-0.15, -0.1) is 0 Å². The minimum atomic E-state index is -0.706. The quantitative estimate of drug-likeness (QED) is 0.673. The third kappa shape index (κ3) is 5.56. The van der Waals surface area contributed by atoms with Crippen LogP contribution in [0.2, 0.25) is 0 Å². The van der Waals surface area contributed by atoms with Gasteiger partial charge in [-0.25, -0.2) is 9.78 Å². The molecule has 2 amide bonds. The Hall–Kier alpha value is -3.60. The van der Waals surface area contributed by atoms with Gasteiger partial charge in [-0.3, -0.25) is 9.69 Å². The van der Waals surface area contributed by atoms with Gasteiger partial charge in [0.2, 0.25) is 11.8 Å². The number of benzene rings is 1. The fourth-order valence-electron chi connectivity index (χ4n) is 5.03. The standard InChI is InChI=1S/C27H32N4O4/c1-27(2,3)35-26(33)31-21-13-12-19(15-21)24(31)25(32)29-20(16-28)14-17-8-10-18(11-9-17)22-6-5-7-23(30-22)34-4/h5-11,19-21,24H,12-15H2,1-4H3,(H,29,32)/t19-,20-,21+,24-/m0/s1. The molecule has 35 heavy (non-hydrogen) atoms. The molecule has 1 aromatic heterocycles. The summed E-state index contributed by atoms with van der Waals surface area (Å²) in [5, 5.41) is 12.6. The molecule has 2 fully saturated rings. The van der Waals surface area contributed by atoms with E-state index >= 15 is 0 Å². The summed E-state index contributed by atoms with van der Waals surface area (Å²) >= 11 is 0. The third-order valence-electron chi connectivity index (χ3n) is 6.55. The summed E-state index contributed by atoms with van der Waals surface area (Å²) in [5.41, 5.74) is 2.00. The van der Waals surface area contributed by atoms with Crippen molar-refractivity contribution >= 4 is 12.0 Å². The molecule has 2 bridgehead atoms. The SMILES string of the molecule is COc1cccc(-c2ccc(C[C@@H](C#N)NC(=O)[C@@H]3[C@H]4CC[C@H](C4)N3C(=O)OC(C)(C)C)cc2)n1. The molecule has 4 atom stereocenters. The first kappa shape index (κ1) is 24.5. The lowest BCUT2D eigenvalue weighted by Crippen LogP contribution is -2.55. The zero-order chi connectivity index (χ0) is 25.2. The first-order valence-electron chi connectivity index (χ1n) is 12.0. The Balaban J connectivity index is 1.42. The van der Waals surface area contributed by atoms with Crippen LogP contribution in [-0.2, 0) is 16.0 Å². The van der Waals surface area contributed by atoms with E-state index in [1.807, 2.05) is 57.2 Å². The summed E-state index contributed by atoms with van der Waals surface area (Å²) in [4.78, 5) is 32.1. The van der Waals surface area contributed by atoms with Crippen LogP contribution in [0, 0.1) is 17.2 Å². The molecule has 2 aromatic rings. The number of amides is 2. The van der Waals surface area contributed by atoms with Crippen LogP contribution in [-0.4, -0.2) is 52.7 Å². The number of likely N-dealkylation sites (tertiary alicyclic amines) is 1. The summed E-state index contributed by atoms with van der Waals surface area (Å²) in [5.74, 6) is 0.355. The first-order chi connectivity index (χ1) is 16.7. The van der Waals surface area contributed by atoms with Gasteiger partial charge >= 0.3 is 6.09 Å². The molecule has 8 heteroatoms. The highest BCUT2D eigenvalue weighted by molar-refractivity contribution is 5.87. The van der Waals surface area contributed by atoms with Gasteiger partial charge in [0.15, 0.2) is 0 Å². The van der Waals surface area contributed by atoms with Crippen LogP contribution in [0.25, 0.3) is 11.3 Å². The van der Waals surface area contributed by atoms with Crippen LogP contribution in [0.4, 0.5) is 4.79 Å². The fraction of sp³-hybridized carbons (Fsp3) is 0.481. The number of ether oxygens (including phenoxy) is 2. The van der Waals surface area contributed by atoms with Crippen molar-refractivity contribution < 1.29 is 19.1 Å². The van der Waals surface area contributed by atoms with Crippen molar-refractivity contribution in [2.24, 2.45) is 5.92 Å². The zero-order valence-corrected chi connectivity index (χ0v) is 20.7. The summed E-state index contributed by atoms with van der Waals surface area (Å²) in [6, 6.07) is 14.2. The first-order valence-corrected chi connectivity index (χ1v) is 12.0. The molecule has 1 saturated heterocycles. The van der Waals surface area contributed by atoms with Crippen molar-refractivity contribution in [3.63, 3.8) is 0 Å². The van der Waals surface area contributed by atoms with E-state index in [4.69, 9.17) is 9.47 Å². The largest absolute Gasteiger partial charge is 0.481 e. The van der Waals surface area contributed by atoms with E-state index < -0.39 is 23.8 Å².